The first kappa shape index (κ1) is 16.1. The molecule has 1 heterocycles. The second-order valence-corrected chi connectivity index (χ2v) is 5.62. The van der Waals surface area contributed by atoms with Gasteiger partial charge in [-0.15, -0.1) is 11.3 Å². The van der Waals surface area contributed by atoms with Crippen LogP contribution in [-0.2, 0) is 17.6 Å². The van der Waals surface area contributed by atoms with Crippen molar-refractivity contribution in [3.05, 3.63) is 21.4 Å². The van der Waals surface area contributed by atoms with E-state index in [0.717, 1.165) is 24.1 Å². The summed E-state index contributed by atoms with van der Waals surface area (Å²) in [5, 5.41) is 12.2. The fraction of sp³-hybridized carbons (Fsp3) is 0.643. The zero-order valence-corrected chi connectivity index (χ0v) is 12.7. The fourth-order valence-electron chi connectivity index (χ4n) is 1.87. The summed E-state index contributed by atoms with van der Waals surface area (Å²) in [6.07, 6.45) is 2.40. The van der Waals surface area contributed by atoms with Crippen molar-refractivity contribution in [1.29, 1.82) is 0 Å². The number of aryl methyl sites for hydroxylation is 2. The molecule has 0 fully saturated rings. The molecule has 0 radical (unpaired) electrons. The first-order chi connectivity index (χ1) is 9.12. The molecule has 1 rings (SSSR count). The Kier molecular flexibility index (Phi) is 7.05. The summed E-state index contributed by atoms with van der Waals surface area (Å²) >= 11 is 1.56. The average Bonchev–Trinajstić information content (AvgIpc) is 2.80. The maximum Gasteiger partial charge on any atom is 0.261 e. The zero-order chi connectivity index (χ0) is 14.3. The van der Waals surface area contributed by atoms with Gasteiger partial charge >= 0.3 is 0 Å². The van der Waals surface area contributed by atoms with Crippen molar-refractivity contribution >= 4 is 17.2 Å². The van der Waals surface area contributed by atoms with Crippen molar-refractivity contribution in [1.82, 2.24) is 5.32 Å². The number of rotatable bonds is 8. The molecule has 0 spiro atoms. The van der Waals surface area contributed by atoms with E-state index >= 15 is 0 Å². The van der Waals surface area contributed by atoms with Crippen molar-refractivity contribution in [2.45, 2.75) is 39.2 Å². The Bertz CT molecular complexity index is 403. The summed E-state index contributed by atoms with van der Waals surface area (Å²) in [6.45, 7) is 4.69. The molecule has 0 bridgehead atoms. The molecular formula is C14H23NO3S. The molecule has 0 aliphatic heterocycles. The van der Waals surface area contributed by atoms with E-state index in [9.17, 15) is 9.90 Å². The highest BCUT2D eigenvalue weighted by molar-refractivity contribution is 7.14. The Morgan fingerprint density at radius 1 is 1.53 bits per heavy atom. The Balaban J connectivity index is 2.61. The summed E-state index contributed by atoms with van der Waals surface area (Å²) in [5.41, 5.74) is 1.26. The number of amides is 1. The third-order valence-electron chi connectivity index (χ3n) is 2.84. The minimum absolute atomic E-state index is 0.114. The fourth-order valence-corrected chi connectivity index (χ4v) is 3.14. The van der Waals surface area contributed by atoms with Crippen LogP contribution in [0.3, 0.4) is 0 Å². The van der Waals surface area contributed by atoms with Crippen molar-refractivity contribution < 1.29 is 14.6 Å². The number of hydrogen-bond donors (Lipinski definition) is 2. The predicted molar refractivity (Wildman–Crippen MR) is 77.9 cm³/mol. The predicted octanol–water partition coefficient (Wildman–Crippen LogP) is 2.00. The lowest BCUT2D eigenvalue weighted by Gasteiger charge is -2.09. The summed E-state index contributed by atoms with van der Waals surface area (Å²) in [5.74, 6) is -0.114. The monoisotopic (exact) mass is 285 g/mol. The number of carbonyl (C=O) groups is 1. The Morgan fingerprint density at radius 3 is 2.84 bits per heavy atom. The van der Waals surface area contributed by atoms with E-state index in [1.165, 1.54) is 17.6 Å². The van der Waals surface area contributed by atoms with Crippen LogP contribution in [0.1, 0.15) is 40.4 Å². The van der Waals surface area contributed by atoms with Crippen LogP contribution in [0.2, 0.25) is 0 Å². The van der Waals surface area contributed by atoms with E-state index in [-0.39, 0.29) is 19.1 Å². The van der Waals surface area contributed by atoms with Gasteiger partial charge in [-0.3, -0.25) is 4.79 Å². The first-order valence-electron chi connectivity index (χ1n) is 6.69. The van der Waals surface area contributed by atoms with Gasteiger partial charge in [0, 0.05) is 18.5 Å². The second-order valence-electron chi connectivity index (χ2n) is 4.48. The molecule has 1 aromatic rings. The number of aliphatic hydroxyl groups excluding tert-OH is 1. The van der Waals surface area contributed by atoms with Crippen LogP contribution >= 0.6 is 11.3 Å². The van der Waals surface area contributed by atoms with Gasteiger partial charge in [0.1, 0.15) is 0 Å². The van der Waals surface area contributed by atoms with Gasteiger partial charge in [-0.25, -0.2) is 0 Å². The van der Waals surface area contributed by atoms with Gasteiger partial charge < -0.3 is 15.2 Å². The molecule has 19 heavy (non-hydrogen) atoms. The quantitative estimate of drug-likeness (QED) is 0.768. The SMILES string of the molecule is CCCc1sc(C(=O)NCC(O)COC)cc1CC. The molecule has 1 atom stereocenters. The van der Waals surface area contributed by atoms with Crippen LogP contribution in [0.5, 0.6) is 0 Å². The average molecular weight is 285 g/mol. The van der Waals surface area contributed by atoms with Gasteiger partial charge in [0.25, 0.3) is 5.91 Å². The number of nitrogens with one attached hydrogen (secondary N) is 1. The third-order valence-corrected chi connectivity index (χ3v) is 4.07. The number of ether oxygens (including phenoxy) is 1. The van der Waals surface area contributed by atoms with Crippen molar-refractivity contribution in [3.8, 4) is 0 Å². The molecule has 1 aromatic heterocycles. The highest BCUT2D eigenvalue weighted by atomic mass is 32.1. The molecule has 2 N–H and O–H groups in total. The molecule has 4 nitrogen and oxygen atoms in total. The molecule has 0 saturated carbocycles. The first-order valence-corrected chi connectivity index (χ1v) is 7.50. The Hall–Kier alpha value is -0.910. The number of aliphatic hydroxyl groups is 1. The van der Waals surface area contributed by atoms with E-state index in [0.29, 0.717) is 0 Å². The van der Waals surface area contributed by atoms with Gasteiger partial charge in [0.2, 0.25) is 0 Å². The molecule has 5 heteroatoms. The zero-order valence-electron chi connectivity index (χ0n) is 11.9. The highest BCUT2D eigenvalue weighted by Gasteiger charge is 2.14. The summed E-state index contributed by atoms with van der Waals surface area (Å²) in [6, 6.07) is 1.97. The van der Waals surface area contributed by atoms with Gasteiger partial charge in [-0.1, -0.05) is 20.3 Å². The lowest BCUT2D eigenvalue weighted by atomic mass is 10.1. The lowest BCUT2D eigenvalue weighted by Crippen LogP contribution is -2.33. The van der Waals surface area contributed by atoms with E-state index in [2.05, 4.69) is 19.2 Å². The van der Waals surface area contributed by atoms with E-state index in [1.54, 1.807) is 11.3 Å². The van der Waals surface area contributed by atoms with Crippen LogP contribution in [0.15, 0.2) is 6.07 Å². The van der Waals surface area contributed by atoms with Crippen LogP contribution in [-0.4, -0.2) is 37.4 Å². The van der Waals surface area contributed by atoms with Crippen LogP contribution < -0.4 is 5.32 Å². The van der Waals surface area contributed by atoms with Gasteiger partial charge in [0.05, 0.1) is 17.6 Å². The third kappa shape index (κ3) is 4.93. The van der Waals surface area contributed by atoms with Crippen molar-refractivity contribution in [2.24, 2.45) is 0 Å². The molecule has 0 aliphatic rings. The van der Waals surface area contributed by atoms with Gasteiger partial charge in [-0.05, 0) is 24.5 Å². The van der Waals surface area contributed by atoms with Crippen molar-refractivity contribution in [3.63, 3.8) is 0 Å². The number of thiophene rings is 1. The standard InChI is InChI=1S/C14H23NO3S/c1-4-6-12-10(5-2)7-13(19-12)14(17)15-8-11(16)9-18-3/h7,11,16H,4-6,8-9H2,1-3H3,(H,15,17). The number of hydrogen-bond acceptors (Lipinski definition) is 4. The van der Waals surface area contributed by atoms with Crippen LogP contribution in [0, 0.1) is 0 Å². The largest absolute Gasteiger partial charge is 0.389 e. The topological polar surface area (TPSA) is 58.6 Å². The summed E-state index contributed by atoms with van der Waals surface area (Å²) in [7, 11) is 1.52. The van der Waals surface area contributed by atoms with Crippen LogP contribution in [0.25, 0.3) is 0 Å². The van der Waals surface area contributed by atoms with Gasteiger partial charge in [0.15, 0.2) is 0 Å². The van der Waals surface area contributed by atoms with Crippen LogP contribution in [0.4, 0.5) is 0 Å². The second kappa shape index (κ2) is 8.30. The minimum Gasteiger partial charge on any atom is -0.389 e. The molecule has 1 amide bonds. The maximum atomic E-state index is 12.0. The summed E-state index contributed by atoms with van der Waals surface area (Å²) in [4.78, 5) is 14.0. The Labute approximate surface area is 118 Å². The minimum atomic E-state index is -0.658. The lowest BCUT2D eigenvalue weighted by molar-refractivity contribution is 0.0611. The van der Waals surface area contributed by atoms with E-state index < -0.39 is 6.10 Å². The van der Waals surface area contributed by atoms with Crippen molar-refractivity contribution in [2.75, 3.05) is 20.3 Å². The summed E-state index contributed by atoms with van der Waals surface area (Å²) < 4.78 is 4.82. The molecular weight excluding hydrogens is 262 g/mol. The molecule has 108 valence electrons. The van der Waals surface area contributed by atoms with E-state index in [1.807, 2.05) is 6.07 Å². The Morgan fingerprint density at radius 2 is 2.26 bits per heavy atom. The number of methoxy groups -OCH3 is 1. The smallest absolute Gasteiger partial charge is 0.261 e. The number of carbonyl (C=O) groups excluding carboxylic acids is 1. The molecule has 0 aliphatic carbocycles. The molecule has 0 aromatic carbocycles. The molecule has 1 unspecified atom stereocenters. The molecule has 0 saturated heterocycles. The highest BCUT2D eigenvalue weighted by Crippen LogP contribution is 2.24. The van der Waals surface area contributed by atoms with E-state index in [4.69, 9.17) is 4.74 Å². The normalized spacial score (nSPS) is 12.4. The maximum absolute atomic E-state index is 12.0. The van der Waals surface area contributed by atoms with Gasteiger partial charge in [-0.2, -0.15) is 0 Å².